The molecule has 0 aromatic rings. The first-order valence-electron chi connectivity index (χ1n) is 6.80. The molecule has 0 radical (unpaired) electrons. The Hall–Kier alpha value is 0.350. The SMILES string of the molecule is CC(C)CSCCCNC(N)=NCC1CCC1.I. The van der Waals surface area contributed by atoms with Gasteiger partial charge < -0.3 is 11.1 Å². The van der Waals surface area contributed by atoms with Gasteiger partial charge in [-0.15, -0.1) is 24.0 Å². The summed E-state index contributed by atoms with van der Waals surface area (Å²) in [5, 5.41) is 3.19. The summed E-state index contributed by atoms with van der Waals surface area (Å²) in [5.74, 6) is 4.69. The summed E-state index contributed by atoms with van der Waals surface area (Å²) in [6.45, 7) is 6.39. The monoisotopic (exact) mass is 385 g/mol. The summed E-state index contributed by atoms with van der Waals surface area (Å²) in [7, 11) is 0. The zero-order valence-electron chi connectivity index (χ0n) is 11.7. The number of nitrogens with one attached hydrogen (secondary N) is 1. The van der Waals surface area contributed by atoms with Crippen molar-refractivity contribution in [3.8, 4) is 0 Å². The molecule has 108 valence electrons. The van der Waals surface area contributed by atoms with Crippen molar-refractivity contribution in [1.29, 1.82) is 0 Å². The molecular formula is C13H28IN3S. The molecule has 1 aliphatic rings. The molecule has 1 rings (SSSR count). The number of nitrogens with two attached hydrogens (primary N) is 1. The van der Waals surface area contributed by atoms with E-state index in [4.69, 9.17) is 5.73 Å². The minimum atomic E-state index is 0. The van der Waals surface area contributed by atoms with Crippen molar-refractivity contribution in [1.82, 2.24) is 5.32 Å². The van der Waals surface area contributed by atoms with Crippen molar-refractivity contribution in [2.75, 3.05) is 24.6 Å². The summed E-state index contributed by atoms with van der Waals surface area (Å²) in [6.07, 6.45) is 5.21. The molecular weight excluding hydrogens is 357 g/mol. The molecule has 0 aromatic heterocycles. The molecule has 1 fully saturated rings. The fourth-order valence-electron chi connectivity index (χ4n) is 1.67. The van der Waals surface area contributed by atoms with Gasteiger partial charge in [0.25, 0.3) is 0 Å². The van der Waals surface area contributed by atoms with Gasteiger partial charge >= 0.3 is 0 Å². The first-order chi connectivity index (χ1) is 8.18. The van der Waals surface area contributed by atoms with E-state index in [0.717, 1.165) is 31.3 Å². The Morgan fingerprint density at radius 1 is 1.44 bits per heavy atom. The predicted molar refractivity (Wildman–Crippen MR) is 94.0 cm³/mol. The molecule has 0 atom stereocenters. The molecule has 0 spiro atoms. The largest absolute Gasteiger partial charge is 0.370 e. The van der Waals surface area contributed by atoms with Gasteiger partial charge in [-0.05, 0) is 42.6 Å². The second-order valence-electron chi connectivity index (χ2n) is 5.27. The van der Waals surface area contributed by atoms with Gasteiger partial charge in [-0.2, -0.15) is 11.8 Å². The Morgan fingerprint density at radius 2 is 2.17 bits per heavy atom. The molecule has 0 unspecified atom stereocenters. The van der Waals surface area contributed by atoms with Crippen molar-refractivity contribution in [2.24, 2.45) is 22.6 Å². The minimum Gasteiger partial charge on any atom is -0.370 e. The highest BCUT2D eigenvalue weighted by Gasteiger charge is 2.16. The molecule has 3 nitrogen and oxygen atoms in total. The zero-order chi connectivity index (χ0) is 12.5. The normalized spacial score (nSPS) is 16.3. The first-order valence-corrected chi connectivity index (χ1v) is 7.95. The van der Waals surface area contributed by atoms with E-state index in [2.05, 4.69) is 24.2 Å². The van der Waals surface area contributed by atoms with Crippen LogP contribution in [0.4, 0.5) is 0 Å². The van der Waals surface area contributed by atoms with Gasteiger partial charge in [0.1, 0.15) is 0 Å². The van der Waals surface area contributed by atoms with E-state index in [0.29, 0.717) is 5.96 Å². The third-order valence-electron chi connectivity index (χ3n) is 2.97. The molecule has 1 aliphatic carbocycles. The van der Waals surface area contributed by atoms with Gasteiger partial charge in [0.15, 0.2) is 5.96 Å². The summed E-state index contributed by atoms with van der Waals surface area (Å²) < 4.78 is 0. The summed E-state index contributed by atoms with van der Waals surface area (Å²) in [5.41, 5.74) is 5.80. The van der Waals surface area contributed by atoms with E-state index in [-0.39, 0.29) is 24.0 Å². The van der Waals surface area contributed by atoms with E-state index >= 15 is 0 Å². The second-order valence-corrected chi connectivity index (χ2v) is 6.42. The highest BCUT2D eigenvalue weighted by molar-refractivity contribution is 14.0. The van der Waals surface area contributed by atoms with Crippen LogP contribution in [0.3, 0.4) is 0 Å². The van der Waals surface area contributed by atoms with E-state index in [1.807, 2.05) is 11.8 Å². The van der Waals surface area contributed by atoms with Crippen molar-refractivity contribution in [2.45, 2.75) is 39.5 Å². The highest BCUT2D eigenvalue weighted by atomic mass is 127. The smallest absolute Gasteiger partial charge is 0.188 e. The highest BCUT2D eigenvalue weighted by Crippen LogP contribution is 2.26. The second kappa shape index (κ2) is 11.2. The van der Waals surface area contributed by atoms with Gasteiger partial charge in [0.2, 0.25) is 0 Å². The molecule has 1 saturated carbocycles. The number of guanidine groups is 1. The lowest BCUT2D eigenvalue weighted by Gasteiger charge is -2.23. The minimum absolute atomic E-state index is 0. The molecule has 0 amide bonds. The summed E-state index contributed by atoms with van der Waals surface area (Å²) in [6, 6.07) is 0. The third kappa shape index (κ3) is 9.30. The maximum absolute atomic E-state index is 5.80. The Morgan fingerprint density at radius 3 is 2.72 bits per heavy atom. The maximum atomic E-state index is 5.80. The molecule has 3 N–H and O–H groups in total. The van der Waals surface area contributed by atoms with Crippen molar-refractivity contribution in [3.05, 3.63) is 0 Å². The molecule has 18 heavy (non-hydrogen) atoms. The Bertz CT molecular complexity index is 230. The van der Waals surface area contributed by atoms with Crippen LogP contribution >= 0.6 is 35.7 Å². The summed E-state index contributed by atoms with van der Waals surface area (Å²) in [4.78, 5) is 4.37. The van der Waals surface area contributed by atoms with Gasteiger partial charge in [-0.3, -0.25) is 4.99 Å². The van der Waals surface area contributed by atoms with E-state index < -0.39 is 0 Å². The van der Waals surface area contributed by atoms with Gasteiger partial charge in [0, 0.05) is 13.1 Å². The Kier molecular flexibility index (Phi) is 11.4. The number of nitrogens with zero attached hydrogens (tertiary/aromatic N) is 1. The lowest BCUT2D eigenvalue weighted by Crippen LogP contribution is -2.33. The lowest BCUT2D eigenvalue weighted by atomic mass is 9.86. The molecule has 0 bridgehead atoms. The third-order valence-corrected chi connectivity index (χ3v) is 4.45. The van der Waals surface area contributed by atoms with E-state index in [1.54, 1.807) is 0 Å². The van der Waals surface area contributed by atoms with Crippen LogP contribution in [0.5, 0.6) is 0 Å². The molecule has 5 heteroatoms. The van der Waals surface area contributed by atoms with Crippen molar-refractivity contribution >= 4 is 41.7 Å². The molecule has 0 aromatic carbocycles. The maximum Gasteiger partial charge on any atom is 0.188 e. The number of rotatable bonds is 8. The Labute approximate surface area is 133 Å². The van der Waals surface area contributed by atoms with Gasteiger partial charge in [-0.25, -0.2) is 0 Å². The summed E-state index contributed by atoms with van der Waals surface area (Å²) >= 11 is 2.02. The van der Waals surface area contributed by atoms with Crippen LogP contribution in [0.2, 0.25) is 0 Å². The van der Waals surface area contributed by atoms with Crippen LogP contribution in [0.15, 0.2) is 4.99 Å². The van der Waals surface area contributed by atoms with Gasteiger partial charge in [-0.1, -0.05) is 20.3 Å². The number of halogens is 1. The average Bonchev–Trinajstić information content (AvgIpc) is 2.20. The van der Waals surface area contributed by atoms with E-state index in [1.165, 1.54) is 30.8 Å². The lowest BCUT2D eigenvalue weighted by molar-refractivity contribution is 0.326. The van der Waals surface area contributed by atoms with Crippen LogP contribution < -0.4 is 11.1 Å². The van der Waals surface area contributed by atoms with Crippen molar-refractivity contribution in [3.63, 3.8) is 0 Å². The fourth-order valence-corrected chi connectivity index (χ4v) is 2.65. The van der Waals surface area contributed by atoms with E-state index in [9.17, 15) is 0 Å². The molecule has 0 aliphatic heterocycles. The number of thioether (sulfide) groups is 1. The average molecular weight is 385 g/mol. The topological polar surface area (TPSA) is 50.4 Å². The molecule has 0 heterocycles. The number of hydrogen-bond acceptors (Lipinski definition) is 2. The fraction of sp³-hybridized carbons (Fsp3) is 0.923. The van der Waals surface area contributed by atoms with Crippen LogP contribution in [-0.4, -0.2) is 30.6 Å². The van der Waals surface area contributed by atoms with Crippen LogP contribution in [0.25, 0.3) is 0 Å². The Balaban J connectivity index is 0.00000289. The van der Waals surface area contributed by atoms with Crippen LogP contribution in [-0.2, 0) is 0 Å². The van der Waals surface area contributed by atoms with Crippen LogP contribution in [0.1, 0.15) is 39.5 Å². The number of aliphatic imine (C=N–C) groups is 1. The van der Waals surface area contributed by atoms with Crippen LogP contribution in [0, 0.1) is 11.8 Å². The predicted octanol–water partition coefficient (Wildman–Crippen LogP) is 3.09. The molecule has 0 saturated heterocycles. The van der Waals surface area contributed by atoms with Gasteiger partial charge in [0.05, 0.1) is 0 Å². The first kappa shape index (κ1) is 18.4. The standard InChI is InChI=1S/C13H27N3S.HI/c1-11(2)10-17-8-4-7-15-13(14)16-9-12-5-3-6-12;/h11-12H,3-10H2,1-2H3,(H3,14,15,16);1H. The zero-order valence-corrected chi connectivity index (χ0v) is 14.8. The quantitative estimate of drug-likeness (QED) is 0.292. The van der Waals surface area contributed by atoms with Crippen molar-refractivity contribution < 1.29 is 0 Å². The number of hydrogen-bond donors (Lipinski definition) is 2.